The highest BCUT2D eigenvalue weighted by molar-refractivity contribution is 7.89. The van der Waals surface area contributed by atoms with Gasteiger partial charge in [0, 0.05) is 45.0 Å². The van der Waals surface area contributed by atoms with Gasteiger partial charge in [0.2, 0.25) is 15.9 Å². The molecule has 2 bridgehead atoms. The Bertz CT molecular complexity index is 729. The SMILES string of the molecule is O=C(CC1CC2CCC1C2)N1CCN(S(=O)(=O)c2cccnc2)CC1. The van der Waals surface area contributed by atoms with Crippen LogP contribution in [0.4, 0.5) is 0 Å². The Morgan fingerprint density at radius 3 is 2.56 bits per heavy atom. The van der Waals surface area contributed by atoms with Gasteiger partial charge in [-0.15, -0.1) is 0 Å². The molecule has 0 aromatic carbocycles. The predicted octanol–water partition coefficient (Wildman–Crippen LogP) is 1.74. The van der Waals surface area contributed by atoms with E-state index in [4.69, 9.17) is 0 Å². The average Bonchev–Trinajstić information content (AvgIpc) is 3.25. The van der Waals surface area contributed by atoms with Crippen molar-refractivity contribution in [2.24, 2.45) is 17.8 Å². The molecule has 7 heteroatoms. The normalized spacial score (nSPS) is 29.9. The Labute approximate surface area is 149 Å². The van der Waals surface area contributed by atoms with Crippen LogP contribution >= 0.6 is 0 Å². The van der Waals surface area contributed by atoms with Crippen molar-refractivity contribution in [1.82, 2.24) is 14.2 Å². The van der Waals surface area contributed by atoms with Gasteiger partial charge in [-0.25, -0.2) is 8.42 Å². The number of fused-ring (bicyclic) bond motifs is 2. The van der Waals surface area contributed by atoms with E-state index in [0.29, 0.717) is 38.5 Å². The highest BCUT2D eigenvalue weighted by atomic mass is 32.2. The highest BCUT2D eigenvalue weighted by Gasteiger charge is 2.41. The number of piperazine rings is 1. The fraction of sp³-hybridized carbons (Fsp3) is 0.667. The van der Waals surface area contributed by atoms with E-state index in [1.165, 1.54) is 36.2 Å². The summed E-state index contributed by atoms with van der Waals surface area (Å²) >= 11 is 0. The molecule has 0 radical (unpaired) electrons. The molecule has 2 saturated carbocycles. The standard InChI is InChI=1S/C18H25N3O3S/c22-18(12-16-11-14-3-4-15(16)10-14)20-6-8-21(9-7-20)25(23,24)17-2-1-5-19-13-17/h1-2,5,13-16H,3-4,6-12H2. The van der Waals surface area contributed by atoms with Crippen LogP contribution in [0.1, 0.15) is 32.1 Å². The molecule has 25 heavy (non-hydrogen) atoms. The first-order valence-corrected chi connectivity index (χ1v) is 10.7. The molecule has 0 spiro atoms. The molecule has 1 amide bonds. The number of aromatic nitrogens is 1. The van der Waals surface area contributed by atoms with E-state index >= 15 is 0 Å². The van der Waals surface area contributed by atoms with Crippen molar-refractivity contribution < 1.29 is 13.2 Å². The van der Waals surface area contributed by atoms with Crippen LogP contribution in [0.3, 0.4) is 0 Å². The number of carbonyl (C=O) groups is 1. The second kappa shape index (κ2) is 6.68. The van der Waals surface area contributed by atoms with Crippen LogP contribution in [0.2, 0.25) is 0 Å². The van der Waals surface area contributed by atoms with E-state index in [9.17, 15) is 13.2 Å². The summed E-state index contributed by atoms with van der Waals surface area (Å²) in [4.78, 5) is 18.6. The summed E-state index contributed by atoms with van der Waals surface area (Å²) in [7, 11) is -3.51. The van der Waals surface area contributed by atoms with Gasteiger partial charge < -0.3 is 4.90 Å². The number of rotatable bonds is 4. The summed E-state index contributed by atoms with van der Waals surface area (Å²) in [5.74, 6) is 2.37. The number of pyridine rings is 1. The lowest BCUT2D eigenvalue weighted by Gasteiger charge is -2.35. The van der Waals surface area contributed by atoms with Crippen molar-refractivity contribution in [3.63, 3.8) is 0 Å². The summed E-state index contributed by atoms with van der Waals surface area (Å²) in [5.41, 5.74) is 0. The third kappa shape index (κ3) is 3.31. The predicted molar refractivity (Wildman–Crippen MR) is 93.1 cm³/mol. The highest BCUT2D eigenvalue weighted by Crippen LogP contribution is 2.49. The summed E-state index contributed by atoms with van der Waals surface area (Å²) in [6, 6.07) is 3.19. The molecule has 3 atom stereocenters. The zero-order valence-electron chi connectivity index (χ0n) is 14.4. The summed E-state index contributed by atoms with van der Waals surface area (Å²) in [6.45, 7) is 1.69. The second-order valence-corrected chi connectivity index (χ2v) is 9.55. The summed E-state index contributed by atoms with van der Waals surface area (Å²) in [6.07, 6.45) is 8.75. The van der Waals surface area contributed by atoms with Crippen LogP contribution in [0.15, 0.2) is 29.4 Å². The zero-order valence-corrected chi connectivity index (χ0v) is 15.2. The molecule has 1 aliphatic heterocycles. The average molecular weight is 363 g/mol. The Morgan fingerprint density at radius 1 is 1.16 bits per heavy atom. The van der Waals surface area contributed by atoms with Crippen molar-refractivity contribution >= 4 is 15.9 Å². The molecule has 3 aliphatic rings. The van der Waals surface area contributed by atoms with Crippen LogP contribution in [-0.2, 0) is 14.8 Å². The molecule has 6 nitrogen and oxygen atoms in total. The molecule has 3 unspecified atom stereocenters. The number of nitrogens with zero attached hydrogens (tertiary/aromatic N) is 3. The third-order valence-electron chi connectivity index (χ3n) is 6.18. The minimum atomic E-state index is -3.51. The number of sulfonamides is 1. The lowest BCUT2D eigenvalue weighted by molar-refractivity contribution is -0.133. The van der Waals surface area contributed by atoms with E-state index in [-0.39, 0.29) is 10.8 Å². The Kier molecular flexibility index (Phi) is 4.54. The summed E-state index contributed by atoms with van der Waals surface area (Å²) in [5, 5.41) is 0. The number of hydrogen-bond donors (Lipinski definition) is 0. The van der Waals surface area contributed by atoms with Crippen molar-refractivity contribution in [1.29, 1.82) is 0 Å². The molecule has 1 saturated heterocycles. The lowest BCUT2D eigenvalue weighted by Crippen LogP contribution is -2.50. The van der Waals surface area contributed by atoms with E-state index in [1.54, 1.807) is 18.3 Å². The molecule has 2 aliphatic carbocycles. The lowest BCUT2D eigenvalue weighted by atomic mass is 9.86. The molecule has 1 aromatic heterocycles. The Balaban J connectivity index is 1.33. The van der Waals surface area contributed by atoms with E-state index in [2.05, 4.69) is 4.98 Å². The third-order valence-corrected chi connectivity index (χ3v) is 8.07. The van der Waals surface area contributed by atoms with Crippen LogP contribution < -0.4 is 0 Å². The molecule has 0 N–H and O–H groups in total. The summed E-state index contributed by atoms with van der Waals surface area (Å²) < 4.78 is 26.7. The van der Waals surface area contributed by atoms with Crippen LogP contribution in [0, 0.1) is 17.8 Å². The largest absolute Gasteiger partial charge is 0.340 e. The first kappa shape index (κ1) is 17.0. The van der Waals surface area contributed by atoms with Crippen molar-refractivity contribution in [3.8, 4) is 0 Å². The maximum atomic E-state index is 12.6. The number of hydrogen-bond acceptors (Lipinski definition) is 4. The van der Waals surface area contributed by atoms with E-state index in [1.807, 2.05) is 4.90 Å². The smallest absolute Gasteiger partial charge is 0.244 e. The minimum Gasteiger partial charge on any atom is -0.340 e. The Morgan fingerprint density at radius 2 is 1.96 bits per heavy atom. The van der Waals surface area contributed by atoms with Crippen LogP contribution in [0.5, 0.6) is 0 Å². The fourth-order valence-electron chi connectivity index (χ4n) is 4.81. The van der Waals surface area contributed by atoms with Gasteiger partial charge in [-0.05, 0) is 49.1 Å². The maximum Gasteiger partial charge on any atom is 0.244 e. The quantitative estimate of drug-likeness (QED) is 0.817. The molecule has 2 heterocycles. The van der Waals surface area contributed by atoms with Crippen LogP contribution in [0.25, 0.3) is 0 Å². The minimum absolute atomic E-state index is 0.205. The fourth-order valence-corrected chi connectivity index (χ4v) is 6.19. The molecular formula is C18H25N3O3S. The van der Waals surface area contributed by atoms with Gasteiger partial charge in [0.15, 0.2) is 0 Å². The first-order valence-electron chi connectivity index (χ1n) is 9.22. The molecule has 4 rings (SSSR count). The maximum absolute atomic E-state index is 12.6. The van der Waals surface area contributed by atoms with Crippen molar-refractivity contribution in [3.05, 3.63) is 24.5 Å². The van der Waals surface area contributed by atoms with Gasteiger partial charge in [-0.1, -0.05) is 6.42 Å². The monoisotopic (exact) mass is 363 g/mol. The van der Waals surface area contributed by atoms with Crippen LogP contribution in [-0.4, -0.2) is 54.7 Å². The Hall–Kier alpha value is -1.47. The molecule has 3 fully saturated rings. The topological polar surface area (TPSA) is 70.6 Å². The van der Waals surface area contributed by atoms with Crippen molar-refractivity contribution in [2.75, 3.05) is 26.2 Å². The molecule has 136 valence electrons. The molecular weight excluding hydrogens is 338 g/mol. The van der Waals surface area contributed by atoms with Gasteiger partial charge >= 0.3 is 0 Å². The first-order chi connectivity index (χ1) is 12.0. The zero-order chi connectivity index (χ0) is 17.4. The van der Waals surface area contributed by atoms with Gasteiger partial charge in [-0.2, -0.15) is 4.31 Å². The van der Waals surface area contributed by atoms with E-state index in [0.717, 1.165) is 11.8 Å². The van der Waals surface area contributed by atoms with Crippen molar-refractivity contribution in [2.45, 2.75) is 37.0 Å². The van der Waals surface area contributed by atoms with E-state index < -0.39 is 10.0 Å². The molecule has 1 aromatic rings. The number of carbonyl (C=O) groups excluding carboxylic acids is 1. The van der Waals surface area contributed by atoms with Gasteiger partial charge in [0.25, 0.3) is 0 Å². The second-order valence-electron chi connectivity index (χ2n) is 7.61. The number of amides is 1. The van der Waals surface area contributed by atoms with Gasteiger partial charge in [0.1, 0.15) is 4.90 Å². The van der Waals surface area contributed by atoms with Gasteiger partial charge in [-0.3, -0.25) is 9.78 Å². The van der Waals surface area contributed by atoms with Gasteiger partial charge in [0.05, 0.1) is 0 Å².